The molecule has 7 nitrogen and oxygen atoms in total. The Hall–Kier alpha value is -1.80. The van der Waals surface area contributed by atoms with Gasteiger partial charge < -0.3 is 27.3 Å². The number of nitrogens with one attached hydrogen (secondary N) is 1. The van der Waals surface area contributed by atoms with Crippen molar-refractivity contribution < 1.29 is 14.3 Å². The van der Waals surface area contributed by atoms with E-state index in [1.54, 1.807) is 0 Å². The van der Waals surface area contributed by atoms with Gasteiger partial charge in [-0.25, -0.2) is 0 Å². The van der Waals surface area contributed by atoms with Crippen LogP contribution in [0.15, 0.2) is 0 Å². The highest BCUT2D eigenvalue weighted by atomic mass is 32.1. The number of rotatable bonds is 9. The standard InChI is InChI=1S/C13H22N4O3S/c1-7(2)6-20-5-3-4-17-13-8(11(15)18)9(14)10(21-13)12(16)19/h7,17H,3-6,14H2,1-2H3,(H2,15,18)(H2,16,19). The lowest BCUT2D eigenvalue weighted by Crippen LogP contribution is -2.17. The number of nitrogen functional groups attached to an aromatic ring is 1. The molecule has 1 rings (SSSR count). The molecule has 0 atom stereocenters. The van der Waals surface area contributed by atoms with Crippen LogP contribution in [0.1, 0.15) is 40.3 Å². The van der Waals surface area contributed by atoms with Gasteiger partial charge >= 0.3 is 0 Å². The summed E-state index contributed by atoms with van der Waals surface area (Å²) in [4.78, 5) is 22.8. The maximum atomic E-state index is 11.4. The van der Waals surface area contributed by atoms with Gasteiger partial charge in [-0.2, -0.15) is 0 Å². The van der Waals surface area contributed by atoms with Crippen molar-refractivity contribution in [2.75, 3.05) is 30.8 Å². The maximum absolute atomic E-state index is 11.4. The Morgan fingerprint density at radius 2 is 1.95 bits per heavy atom. The van der Waals surface area contributed by atoms with Crippen LogP contribution >= 0.6 is 11.3 Å². The SMILES string of the molecule is CC(C)COCCCNc1sc(C(N)=O)c(N)c1C(N)=O. The Kier molecular flexibility index (Phi) is 6.44. The predicted octanol–water partition coefficient (Wildman–Crippen LogP) is 1.00. The summed E-state index contributed by atoms with van der Waals surface area (Å²) in [5.74, 6) is -0.863. The van der Waals surface area contributed by atoms with E-state index in [9.17, 15) is 9.59 Å². The molecule has 0 bridgehead atoms. The zero-order valence-electron chi connectivity index (χ0n) is 12.3. The molecule has 0 aromatic carbocycles. The minimum atomic E-state index is -0.685. The monoisotopic (exact) mass is 314 g/mol. The molecule has 0 unspecified atom stereocenters. The van der Waals surface area contributed by atoms with Crippen LogP contribution in [-0.4, -0.2) is 31.6 Å². The third-order valence-electron chi connectivity index (χ3n) is 2.62. The number of amides is 2. The van der Waals surface area contributed by atoms with Gasteiger partial charge in [0.2, 0.25) is 0 Å². The van der Waals surface area contributed by atoms with E-state index in [0.717, 1.165) is 17.8 Å². The van der Waals surface area contributed by atoms with Crippen molar-refractivity contribution in [3.8, 4) is 0 Å². The molecule has 2 amide bonds. The largest absolute Gasteiger partial charge is 0.397 e. The lowest BCUT2D eigenvalue weighted by atomic mass is 10.2. The summed E-state index contributed by atoms with van der Waals surface area (Å²) in [5, 5.41) is 3.52. The summed E-state index contributed by atoms with van der Waals surface area (Å²) in [5.41, 5.74) is 16.4. The minimum absolute atomic E-state index is 0.0403. The molecule has 21 heavy (non-hydrogen) atoms. The zero-order chi connectivity index (χ0) is 16.0. The molecule has 0 aliphatic carbocycles. The van der Waals surface area contributed by atoms with Crippen molar-refractivity contribution in [2.45, 2.75) is 20.3 Å². The summed E-state index contributed by atoms with van der Waals surface area (Å²) in [6, 6.07) is 0. The summed E-state index contributed by atoms with van der Waals surface area (Å²) in [6.07, 6.45) is 0.759. The van der Waals surface area contributed by atoms with Crippen LogP contribution in [0.2, 0.25) is 0 Å². The highest BCUT2D eigenvalue weighted by Crippen LogP contribution is 2.35. The molecule has 0 aliphatic rings. The normalized spacial score (nSPS) is 10.8. The number of anilines is 2. The van der Waals surface area contributed by atoms with E-state index in [4.69, 9.17) is 21.9 Å². The molecule has 1 aromatic heterocycles. The van der Waals surface area contributed by atoms with Gasteiger partial charge in [-0.1, -0.05) is 13.8 Å². The van der Waals surface area contributed by atoms with Gasteiger partial charge in [-0.05, 0) is 12.3 Å². The van der Waals surface area contributed by atoms with Crippen LogP contribution in [0.4, 0.5) is 10.7 Å². The van der Waals surface area contributed by atoms with Gasteiger partial charge in [-0.15, -0.1) is 11.3 Å². The molecule has 0 radical (unpaired) electrons. The number of primary amides is 2. The van der Waals surface area contributed by atoms with Gasteiger partial charge in [0.25, 0.3) is 11.8 Å². The number of hydrogen-bond donors (Lipinski definition) is 4. The maximum Gasteiger partial charge on any atom is 0.260 e. The minimum Gasteiger partial charge on any atom is -0.397 e. The first-order valence-electron chi connectivity index (χ1n) is 6.68. The quantitative estimate of drug-likeness (QED) is 0.505. The highest BCUT2D eigenvalue weighted by molar-refractivity contribution is 7.19. The molecule has 0 aliphatic heterocycles. The molecule has 118 valence electrons. The van der Waals surface area contributed by atoms with Crippen LogP contribution in [0.5, 0.6) is 0 Å². The fraction of sp³-hybridized carbons (Fsp3) is 0.538. The van der Waals surface area contributed by atoms with E-state index in [2.05, 4.69) is 19.2 Å². The van der Waals surface area contributed by atoms with Crippen LogP contribution in [0.3, 0.4) is 0 Å². The summed E-state index contributed by atoms with van der Waals surface area (Å²) in [6.45, 7) is 6.07. The molecule has 7 N–H and O–H groups in total. The second-order valence-corrected chi connectivity index (χ2v) is 6.05. The summed E-state index contributed by atoms with van der Waals surface area (Å²) < 4.78 is 5.45. The number of carbonyl (C=O) groups excluding carboxylic acids is 2. The topological polar surface area (TPSA) is 133 Å². The lowest BCUT2D eigenvalue weighted by molar-refractivity contribution is 0.0999. The highest BCUT2D eigenvalue weighted by Gasteiger charge is 2.22. The second-order valence-electron chi connectivity index (χ2n) is 5.03. The fourth-order valence-corrected chi connectivity index (χ4v) is 2.69. The third-order valence-corrected chi connectivity index (χ3v) is 3.80. The number of nitrogens with two attached hydrogens (primary N) is 3. The van der Waals surface area contributed by atoms with Crippen molar-refractivity contribution in [3.63, 3.8) is 0 Å². The van der Waals surface area contributed by atoms with Crippen LogP contribution in [0, 0.1) is 5.92 Å². The van der Waals surface area contributed by atoms with E-state index in [1.165, 1.54) is 0 Å². The number of ether oxygens (including phenoxy) is 1. The van der Waals surface area contributed by atoms with E-state index in [-0.39, 0.29) is 16.1 Å². The van der Waals surface area contributed by atoms with Crippen molar-refractivity contribution in [2.24, 2.45) is 17.4 Å². The first-order valence-corrected chi connectivity index (χ1v) is 7.49. The Labute approximate surface area is 127 Å². The van der Waals surface area contributed by atoms with Crippen molar-refractivity contribution in [3.05, 3.63) is 10.4 Å². The summed E-state index contributed by atoms with van der Waals surface area (Å²) in [7, 11) is 0. The molecule has 0 fully saturated rings. The first kappa shape index (κ1) is 17.3. The smallest absolute Gasteiger partial charge is 0.260 e. The Morgan fingerprint density at radius 3 is 2.48 bits per heavy atom. The van der Waals surface area contributed by atoms with Crippen LogP contribution in [-0.2, 0) is 4.74 Å². The Bertz CT molecular complexity index is 514. The van der Waals surface area contributed by atoms with Crippen molar-refractivity contribution in [1.29, 1.82) is 0 Å². The number of hydrogen-bond acceptors (Lipinski definition) is 6. The van der Waals surface area contributed by atoms with Gasteiger partial charge in [-0.3, -0.25) is 9.59 Å². The van der Waals surface area contributed by atoms with E-state index in [0.29, 0.717) is 30.7 Å². The van der Waals surface area contributed by atoms with Crippen molar-refractivity contribution in [1.82, 2.24) is 0 Å². The number of thiophene rings is 1. The van der Waals surface area contributed by atoms with Gasteiger partial charge in [0, 0.05) is 19.8 Å². The van der Waals surface area contributed by atoms with Crippen LogP contribution < -0.4 is 22.5 Å². The second kappa shape index (κ2) is 7.84. The molecule has 1 heterocycles. The molecular formula is C13H22N4O3S. The van der Waals surface area contributed by atoms with Gasteiger partial charge in [0.1, 0.15) is 9.88 Å². The predicted molar refractivity (Wildman–Crippen MR) is 84.5 cm³/mol. The first-order chi connectivity index (χ1) is 9.84. The summed E-state index contributed by atoms with van der Waals surface area (Å²) >= 11 is 1.04. The molecule has 1 aromatic rings. The van der Waals surface area contributed by atoms with E-state index in [1.807, 2.05) is 0 Å². The molecule has 0 saturated heterocycles. The molecule has 0 spiro atoms. The zero-order valence-corrected chi connectivity index (χ0v) is 13.1. The third kappa shape index (κ3) is 4.91. The van der Waals surface area contributed by atoms with E-state index >= 15 is 0 Å². The average Bonchev–Trinajstić information content (AvgIpc) is 2.70. The molecule has 8 heteroatoms. The van der Waals surface area contributed by atoms with E-state index < -0.39 is 11.8 Å². The van der Waals surface area contributed by atoms with Crippen LogP contribution in [0.25, 0.3) is 0 Å². The van der Waals surface area contributed by atoms with Gasteiger partial charge in [0.15, 0.2) is 0 Å². The fourth-order valence-electron chi connectivity index (χ4n) is 1.69. The van der Waals surface area contributed by atoms with Gasteiger partial charge in [0.05, 0.1) is 11.3 Å². The molecular weight excluding hydrogens is 292 g/mol. The lowest BCUT2D eigenvalue weighted by Gasteiger charge is -2.08. The average molecular weight is 314 g/mol. The van der Waals surface area contributed by atoms with Crippen molar-refractivity contribution >= 4 is 33.8 Å². The Morgan fingerprint density at radius 1 is 1.29 bits per heavy atom. The Balaban J connectivity index is 2.60. The number of carbonyl (C=O) groups is 2. The molecule has 0 saturated carbocycles.